The van der Waals surface area contributed by atoms with E-state index in [-0.39, 0.29) is 24.7 Å². The number of nitrogens with one attached hydrogen (secondary N) is 2. The highest BCUT2D eigenvalue weighted by Crippen LogP contribution is 2.22. The zero-order valence-corrected chi connectivity index (χ0v) is 16.7. The summed E-state index contributed by atoms with van der Waals surface area (Å²) >= 11 is 3.35. The van der Waals surface area contributed by atoms with Gasteiger partial charge in [0.05, 0.1) is 6.21 Å². The van der Waals surface area contributed by atoms with E-state index in [9.17, 15) is 9.59 Å². The van der Waals surface area contributed by atoms with Crippen molar-refractivity contribution in [2.45, 2.75) is 33.6 Å². The van der Waals surface area contributed by atoms with Crippen LogP contribution in [0.1, 0.15) is 35.1 Å². The van der Waals surface area contributed by atoms with Crippen molar-refractivity contribution in [2.75, 3.05) is 5.32 Å². The van der Waals surface area contributed by atoms with E-state index in [1.165, 1.54) is 0 Å². The van der Waals surface area contributed by atoms with E-state index in [0.29, 0.717) is 0 Å². The Bertz CT molecular complexity index is 806. The molecule has 0 aromatic heterocycles. The Morgan fingerprint density at radius 3 is 2.19 bits per heavy atom. The summed E-state index contributed by atoms with van der Waals surface area (Å²) in [6.07, 6.45) is 1.74. The first-order valence-electron chi connectivity index (χ1n) is 8.30. The Morgan fingerprint density at radius 1 is 1.00 bits per heavy atom. The number of carbonyl (C=O) groups is 2. The molecule has 0 aliphatic carbocycles. The quantitative estimate of drug-likeness (QED) is 0.546. The molecule has 0 fully saturated rings. The average molecular weight is 416 g/mol. The highest BCUT2D eigenvalue weighted by atomic mass is 79.9. The number of hydrogen-bond acceptors (Lipinski definition) is 3. The van der Waals surface area contributed by atoms with Gasteiger partial charge in [0.2, 0.25) is 11.8 Å². The Hall–Kier alpha value is -2.47. The van der Waals surface area contributed by atoms with Crippen molar-refractivity contribution >= 4 is 39.6 Å². The van der Waals surface area contributed by atoms with Gasteiger partial charge in [-0.15, -0.1) is 0 Å². The van der Waals surface area contributed by atoms with Gasteiger partial charge < -0.3 is 5.32 Å². The molecular formula is C20H22BrN3O2. The van der Waals surface area contributed by atoms with Crippen LogP contribution >= 0.6 is 15.9 Å². The number of benzene rings is 2. The Morgan fingerprint density at radius 2 is 1.58 bits per heavy atom. The fraction of sp³-hybridized carbons (Fsp3) is 0.250. The fourth-order valence-electron chi connectivity index (χ4n) is 2.59. The van der Waals surface area contributed by atoms with Crippen molar-refractivity contribution in [1.82, 2.24) is 5.43 Å². The second-order valence-electron chi connectivity index (χ2n) is 6.17. The molecule has 2 aromatic carbocycles. The zero-order chi connectivity index (χ0) is 19.1. The summed E-state index contributed by atoms with van der Waals surface area (Å²) in [6.45, 7) is 5.93. The van der Waals surface area contributed by atoms with E-state index in [1.54, 1.807) is 6.21 Å². The number of anilines is 1. The minimum absolute atomic E-state index is 0.0769. The van der Waals surface area contributed by atoms with Gasteiger partial charge in [-0.05, 0) is 49.6 Å². The topological polar surface area (TPSA) is 70.6 Å². The van der Waals surface area contributed by atoms with Gasteiger partial charge in [-0.3, -0.25) is 9.59 Å². The summed E-state index contributed by atoms with van der Waals surface area (Å²) in [5.41, 5.74) is 7.30. The summed E-state index contributed by atoms with van der Waals surface area (Å²) in [5, 5.41) is 6.79. The fourth-order valence-corrected chi connectivity index (χ4v) is 2.85. The summed E-state index contributed by atoms with van der Waals surface area (Å²) in [4.78, 5) is 23.9. The molecule has 0 saturated carbocycles. The second kappa shape index (κ2) is 9.29. The van der Waals surface area contributed by atoms with Gasteiger partial charge in [-0.1, -0.05) is 45.8 Å². The lowest BCUT2D eigenvalue weighted by molar-refractivity contribution is -0.124. The smallest absolute Gasteiger partial charge is 0.240 e. The molecule has 0 saturated heterocycles. The minimum Gasteiger partial charge on any atom is -0.326 e. The van der Waals surface area contributed by atoms with Crippen LogP contribution in [0.25, 0.3) is 0 Å². The minimum atomic E-state index is -0.300. The number of hydrogen-bond donors (Lipinski definition) is 2. The number of hydrazone groups is 1. The van der Waals surface area contributed by atoms with Crippen LogP contribution in [0.5, 0.6) is 0 Å². The van der Waals surface area contributed by atoms with Gasteiger partial charge in [0.15, 0.2) is 0 Å². The molecule has 0 aliphatic heterocycles. The molecule has 2 amide bonds. The molecule has 2 N–H and O–H groups in total. The molecule has 0 atom stereocenters. The van der Waals surface area contributed by atoms with E-state index in [0.717, 1.165) is 32.4 Å². The van der Waals surface area contributed by atoms with Crippen molar-refractivity contribution in [3.8, 4) is 0 Å². The summed E-state index contributed by atoms with van der Waals surface area (Å²) < 4.78 is 0.976. The first kappa shape index (κ1) is 19.8. The highest BCUT2D eigenvalue weighted by molar-refractivity contribution is 9.10. The average Bonchev–Trinajstić information content (AvgIpc) is 2.58. The predicted octanol–water partition coefficient (Wildman–Crippen LogP) is 4.24. The van der Waals surface area contributed by atoms with Crippen LogP contribution in [-0.4, -0.2) is 18.0 Å². The summed E-state index contributed by atoms with van der Waals surface area (Å²) in [6, 6.07) is 11.6. The van der Waals surface area contributed by atoms with Crippen LogP contribution in [0.2, 0.25) is 0 Å². The van der Waals surface area contributed by atoms with Crippen molar-refractivity contribution in [3.05, 3.63) is 63.1 Å². The molecular weight excluding hydrogens is 394 g/mol. The number of rotatable bonds is 6. The van der Waals surface area contributed by atoms with E-state index >= 15 is 0 Å². The predicted molar refractivity (Wildman–Crippen MR) is 108 cm³/mol. The van der Waals surface area contributed by atoms with E-state index in [4.69, 9.17) is 0 Å². The maximum Gasteiger partial charge on any atom is 0.240 e. The van der Waals surface area contributed by atoms with Crippen molar-refractivity contribution in [2.24, 2.45) is 5.10 Å². The van der Waals surface area contributed by atoms with E-state index < -0.39 is 0 Å². The standard InChI is InChI=1S/C20H22BrN3O2/c1-13-10-14(2)20(15(3)11-13)23-18(25)8-9-19(26)24-22-12-16-4-6-17(21)7-5-16/h4-7,10-12H,8-9H2,1-3H3,(H,23,25)(H,24,26). The zero-order valence-electron chi connectivity index (χ0n) is 15.1. The Kier molecular flexibility index (Phi) is 7.09. The van der Waals surface area contributed by atoms with Crippen molar-refractivity contribution in [3.63, 3.8) is 0 Å². The molecule has 0 unspecified atom stereocenters. The van der Waals surface area contributed by atoms with Crippen LogP contribution in [-0.2, 0) is 9.59 Å². The third-order valence-corrected chi connectivity index (χ3v) is 4.32. The number of aryl methyl sites for hydroxylation is 3. The third-order valence-electron chi connectivity index (χ3n) is 3.79. The molecule has 2 aromatic rings. The van der Waals surface area contributed by atoms with Crippen molar-refractivity contribution < 1.29 is 9.59 Å². The van der Waals surface area contributed by atoms with E-state index in [1.807, 2.05) is 57.2 Å². The van der Waals surface area contributed by atoms with Crippen LogP contribution in [0.4, 0.5) is 5.69 Å². The highest BCUT2D eigenvalue weighted by Gasteiger charge is 2.10. The maximum absolute atomic E-state index is 12.1. The normalized spacial score (nSPS) is 10.8. The Labute approximate surface area is 162 Å². The molecule has 136 valence electrons. The third kappa shape index (κ3) is 6.11. The Balaban J connectivity index is 1.80. The molecule has 6 heteroatoms. The second-order valence-corrected chi connectivity index (χ2v) is 7.08. The first-order valence-corrected chi connectivity index (χ1v) is 9.09. The van der Waals surface area contributed by atoms with E-state index in [2.05, 4.69) is 31.8 Å². The number of carbonyl (C=O) groups excluding carboxylic acids is 2. The summed E-state index contributed by atoms with van der Waals surface area (Å²) in [7, 11) is 0. The van der Waals surface area contributed by atoms with Gasteiger partial charge in [0.25, 0.3) is 0 Å². The van der Waals surface area contributed by atoms with Gasteiger partial charge in [0.1, 0.15) is 0 Å². The van der Waals surface area contributed by atoms with Gasteiger partial charge in [-0.25, -0.2) is 5.43 Å². The monoisotopic (exact) mass is 415 g/mol. The molecule has 0 heterocycles. The lowest BCUT2D eigenvalue weighted by Crippen LogP contribution is -2.21. The summed E-state index contributed by atoms with van der Waals surface area (Å²) in [5.74, 6) is -0.488. The number of nitrogens with zero attached hydrogens (tertiary/aromatic N) is 1. The van der Waals surface area contributed by atoms with Crippen molar-refractivity contribution in [1.29, 1.82) is 0 Å². The first-order chi connectivity index (χ1) is 12.3. The largest absolute Gasteiger partial charge is 0.326 e. The van der Waals surface area contributed by atoms with Gasteiger partial charge in [0, 0.05) is 23.0 Å². The van der Waals surface area contributed by atoms with Crippen LogP contribution < -0.4 is 10.7 Å². The molecule has 0 radical (unpaired) electrons. The van der Waals surface area contributed by atoms with Gasteiger partial charge in [-0.2, -0.15) is 5.10 Å². The van der Waals surface area contributed by atoms with Crippen LogP contribution in [0, 0.1) is 20.8 Å². The number of halogens is 1. The molecule has 0 spiro atoms. The lowest BCUT2D eigenvalue weighted by atomic mass is 10.0. The maximum atomic E-state index is 12.1. The lowest BCUT2D eigenvalue weighted by Gasteiger charge is -2.12. The molecule has 0 aliphatic rings. The molecule has 2 rings (SSSR count). The number of amides is 2. The molecule has 26 heavy (non-hydrogen) atoms. The SMILES string of the molecule is Cc1cc(C)c(NC(=O)CCC(=O)NN=Cc2ccc(Br)cc2)c(C)c1. The molecule has 0 bridgehead atoms. The van der Waals surface area contributed by atoms with Crippen LogP contribution in [0.15, 0.2) is 46.0 Å². The van der Waals surface area contributed by atoms with Crippen LogP contribution in [0.3, 0.4) is 0 Å². The van der Waals surface area contributed by atoms with Gasteiger partial charge >= 0.3 is 0 Å². The molecule has 5 nitrogen and oxygen atoms in total.